The average molecular weight is 222 g/mol. The van der Waals surface area contributed by atoms with Crippen LogP contribution >= 0.6 is 0 Å². The molecule has 1 N–H and O–H groups in total. The van der Waals surface area contributed by atoms with Gasteiger partial charge in [-0.1, -0.05) is 12.1 Å². The Kier molecular flexibility index (Phi) is 3.04. The molecule has 0 amide bonds. The zero-order chi connectivity index (χ0) is 11.7. The molecule has 0 saturated carbocycles. The third kappa shape index (κ3) is 2.92. The second-order valence-electron chi connectivity index (χ2n) is 3.58. The van der Waals surface area contributed by atoms with Crippen LogP contribution in [0.25, 0.3) is 0 Å². The van der Waals surface area contributed by atoms with E-state index in [1.165, 1.54) is 12.1 Å². The average Bonchev–Trinajstić information content (AvgIpc) is 2.00. The Morgan fingerprint density at radius 2 is 1.87 bits per heavy atom. The normalized spacial score (nSPS) is 16.1. The number of halogens is 4. The minimum atomic E-state index is -4.72. The van der Waals surface area contributed by atoms with Gasteiger partial charge in [0, 0.05) is 6.42 Å². The van der Waals surface area contributed by atoms with E-state index in [-0.39, 0.29) is 5.56 Å². The van der Waals surface area contributed by atoms with Gasteiger partial charge in [-0.05, 0) is 24.6 Å². The number of alkyl halides is 3. The van der Waals surface area contributed by atoms with Gasteiger partial charge in [-0.15, -0.1) is 0 Å². The van der Waals surface area contributed by atoms with E-state index < -0.39 is 24.0 Å². The lowest BCUT2D eigenvalue weighted by Gasteiger charge is -2.26. The third-order valence-electron chi connectivity index (χ3n) is 2.05. The van der Waals surface area contributed by atoms with Gasteiger partial charge in [0.1, 0.15) is 5.82 Å². The van der Waals surface area contributed by atoms with E-state index in [0.717, 1.165) is 12.1 Å². The van der Waals surface area contributed by atoms with E-state index in [0.29, 0.717) is 6.92 Å². The molecule has 0 bridgehead atoms. The van der Waals surface area contributed by atoms with E-state index in [1.54, 1.807) is 0 Å². The van der Waals surface area contributed by atoms with Crippen molar-refractivity contribution in [3.05, 3.63) is 35.6 Å². The standard InChI is InChI=1S/C10H10F4O/c1-9(15,10(12,13)14)6-7-3-2-4-8(11)5-7/h2-5,15H,6H2,1H3. The number of hydrogen-bond donors (Lipinski definition) is 1. The fourth-order valence-electron chi connectivity index (χ4n) is 1.14. The van der Waals surface area contributed by atoms with Crippen molar-refractivity contribution in [3.8, 4) is 0 Å². The van der Waals surface area contributed by atoms with Crippen molar-refractivity contribution in [1.29, 1.82) is 0 Å². The predicted molar refractivity (Wildman–Crippen MR) is 46.8 cm³/mol. The number of hydrogen-bond acceptors (Lipinski definition) is 1. The van der Waals surface area contributed by atoms with E-state index in [4.69, 9.17) is 5.11 Å². The molecule has 0 aromatic heterocycles. The van der Waals surface area contributed by atoms with Gasteiger partial charge in [-0.25, -0.2) is 4.39 Å². The largest absolute Gasteiger partial charge is 0.417 e. The smallest absolute Gasteiger partial charge is 0.380 e. The Balaban J connectivity index is 2.87. The van der Waals surface area contributed by atoms with Crippen LogP contribution in [-0.4, -0.2) is 16.9 Å². The molecule has 1 aromatic carbocycles. The second kappa shape index (κ2) is 3.81. The molecule has 0 aliphatic rings. The van der Waals surface area contributed by atoms with Gasteiger partial charge in [-0.3, -0.25) is 0 Å². The lowest BCUT2D eigenvalue weighted by Crippen LogP contribution is -2.44. The molecule has 0 saturated heterocycles. The summed E-state index contributed by atoms with van der Waals surface area (Å²) < 4.78 is 49.5. The van der Waals surface area contributed by atoms with Crippen LogP contribution in [0.2, 0.25) is 0 Å². The maximum Gasteiger partial charge on any atom is 0.417 e. The molecule has 1 nitrogen and oxygen atoms in total. The summed E-state index contributed by atoms with van der Waals surface area (Å²) in [6.45, 7) is 0.665. The SMILES string of the molecule is CC(O)(Cc1cccc(F)c1)C(F)(F)F. The quantitative estimate of drug-likeness (QED) is 0.763. The van der Waals surface area contributed by atoms with Gasteiger partial charge < -0.3 is 5.11 Å². The maximum absolute atomic E-state index is 12.7. The summed E-state index contributed by atoms with van der Waals surface area (Å²) in [5.74, 6) is -0.620. The molecule has 0 aliphatic carbocycles. The van der Waals surface area contributed by atoms with E-state index in [1.807, 2.05) is 0 Å². The molecule has 15 heavy (non-hydrogen) atoms. The first-order valence-electron chi connectivity index (χ1n) is 4.26. The second-order valence-corrected chi connectivity index (χ2v) is 3.58. The Morgan fingerprint density at radius 3 is 2.33 bits per heavy atom. The van der Waals surface area contributed by atoms with Crippen molar-refractivity contribution in [3.63, 3.8) is 0 Å². The first-order chi connectivity index (χ1) is 6.72. The molecule has 84 valence electrons. The van der Waals surface area contributed by atoms with Crippen LogP contribution < -0.4 is 0 Å². The van der Waals surface area contributed by atoms with E-state index in [9.17, 15) is 17.6 Å². The van der Waals surface area contributed by atoms with Crippen LogP contribution in [-0.2, 0) is 6.42 Å². The first kappa shape index (κ1) is 12.0. The van der Waals surface area contributed by atoms with E-state index in [2.05, 4.69) is 0 Å². The zero-order valence-corrected chi connectivity index (χ0v) is 7.98. The van der Waals surface area contributed by atoms with Crippen LogP contribution in [0.4, 0.5) is 17.6 Å². The van der Waals surface area contributed by atoms with Gasteiger partial charge in [0.25, 0.3) is 0 Å². The summed E-state index contributed by atoms with van der Waals surface area (Å²) in [6.07, 6.45) is -5.38. The van der Waals surface area contributed by atoms with Gasteiger partial charge in [0.05, 0.1) is 0 Å². The molecule has 0 fully saturated rings. The van der Waals surface area contributed by atoms with Crippen molar-refractivity contribution in [1.82, 2.24) is 0 Å². The highest BCUT2D eigenvalue weighted by atomic mass is 19.4. The van der Waals surface area contributed by atoms with Crippen LogP contribution in [0, 0.1) is 5.82 Å². The molecule has 5 heteroatoms. The topological polar surface area (TPSA) is 20.2 Å². The van der Waals surface area contributed by atoms with Crippen molar-refractivity contribution in [2.75, 3.05) is 0 Å². The Morgan fingerprint density at radius 1 is 1.27 bits per heavy atom. The highest BCUT2D eigenvalue weighted by molar-refractivity contribution is 5.18. The molecule has 1 unspecified atom stereocenters. The van der Waals surface area contributed by atoms with Crippen LogP contribution in [0.15, 0.2) is 24.3 Å². The lowest BCUT2D eigenvalue weighted by molar-refractivity contribution is -0.252. The molecule has 1 rings (SSSR count). The zero-order valence-electron chi connectivity index (χ0n) is 7.98. The fourth-order valence-corrected chi connectivity index (χ4v) is 1.14. The first-order valence-corrected chi connectivity index (χ1v) is 4.26. The van der Waals surface area contributed by atoms with E-state index >= 15 is 0 Å². The molecule has 0 radical (unpaired) electrons. The fraction of sp³-hybridized carbons (Fsp3) is 0.400. The summed E-state index contributed by atoms with van der Waals surface area (Å²) in [7, 11) is 0. The monoisotopic (exact) mass is 222 g/mol. The number of aliphatic hydroxyl groups is 1. The minimum Gasteiger partial charge on any atom is -0.380 e. The molecule has 0 heterocycles. The molecule has 1 atom stereocenters. The number of rotatable bonds is 2. The van der Waals surface area contributed by atoms with Crippen LogP contribution in [0.3, 0.4) is 0 Å². The Hall–Kier alpha value is -1.10. The van der Waals surface area contributed by atoms with Crippen molar-refractivity contribution >= 4 is 0 Å². The molecule has 1 aromatic rings. The molecular weight excluding hydrogens is 212 g/mol. The maximum atomic E-state index is 12.7. The van der Waals surface area contributed by atoms with Crippen LogP contribution in [0.5, 0.6) is 0 Å². The number of benzene rings is 1. The summed E-state index contributed by atoms with van der Waals surface area (Å²) in [5, 5.41) is 9.15. The Bertz CT molecular complexity index is 344. The summed E-state index contributed by atoms with van der Waals surface area (Å²) in [4.78, 5) is 0. The highest BCUT2D eigenvalue weighted by Gasteiger charge is 2.49. The minimum absolute atomic E-state index is 0.109. The molecule has 0 aliphatic heterocycles. The summed E-state index contributed by atoms with van der Waals surface area (Å²) in [5.41, 5.74) is -2.72. The van der Waals surface area contributed by atoms with Gasteiger partial charge in [-0.2, -0.15) is 13.2 Å². The Labute approximate surface area is 84.3 Å². The van der Waals surface area contributed by atoms with Crippen LogP contribution in [0.1, 0.15) is 12.5 Å². The summed E-state index contributed by atoms with van der Waals surface area (Å²) >= 11 is 0. The van der Waals surface area contributed by atoms with Crippen molar-refractivity contribution in [2.24, 2.45) is 0 Å². The molecular formula is C10H10F4O. The highest BCUT2D eigenvalue weighted by Crippen LogP contribution is 2.32. The van der Waals surface area contributed by atoms with Crippen molar-refractivity contribution < 1.29 is 22.7 Å². The third-order valence-corrected chi connectivity index (χ3v) is 2.05. The molecule has 0 spiro atoms. The van der Waals surface area contributed by atoms with Gasteiger partial charge in [0.2, 0.25) is 0 Å². The van der Waals surface area contributed by atoms with Crippen molar-refractivity contribution in [2.45, 2.75) is 25.1 Å². The van der Waals surface area contributed by atoms with Gasteiger partial charge in [0.15, 0.2) is 5.60 Å². The summed E-state index contributed by atoms with van der Waals surface area (Å²) in [6, 6.07) is 4.74. The predicted octanol–water partition coefficient (Wildman–Crippen LogP) is 2.68. The lowest BCUT2D eigenvalue weighted by atomic mass is 9.96. The van der Waals surface area contributed by atoms with Gasteiger partial charge >= 0.3 is 6.18 Å².